The summed E-state index contributed by atoms with van der Waals surface area (Å²) in [6, 6.07) is 16.5. The molecule has 4 N–H and O–H groups in total. The molecule has 8 nitrogen and oxygen atoms in total. The highest BCUT2D eigenvalue weighted by atomic mass is 16.5. The summed E-state index contributed by atoms with van der Waals surface area (Å²) in [7, 11) is 4.58. The van der Waals surface area contributed by atoms with Crippen LogP contribution in [0.2, 0.25) is 0 Å². The largest absolute Gasteiger partial charge is 0.493 e. The maximum Gasteiger partial charge on any atom is 0.253 e. The number of rotatable bonds is 8. The van der Waals surface area contributed by atoms with Gasteiger partial charge in [-0.15, -0.1) is 0 Å². The van der Waals surface area contributed by atoms with Crippen molar-refractivity contribution in [3.63, 3.8) is 0 Å². The normalized spacial score (nSPS) is 12.3. The van der Waals surface area contributed by atoms with Crippen molar-refractivity contribution in [1.29, 1.82) is 0 Å². The van der Waals surface area contributed by atoms with Crippen molar-refractivity contribution in [3.05, 3.63) is 77.5 Å². The maximum atomic E-state index is 13.3. The first-order valence-corrected chi connectivity index (χ1v) is 12.0. The molecular weight excluding hydrogens is 484 g/mol. The number of aromatic amines is 1. The summed E-state index contributed by atoms with van der Waals surface area (Å²) in [6.07, 6.45) is 0.705. The number of methoxy groups -OCH3 is 3. The Balaban J connectivity index is 1.68. The van der Waals surface area contributed by atoms with Gasteiger partial charge in [0.05, 0.1) is 21.3 Å². The van der Waals surface area contributed by atoms with Crippen LogP contribution in [0.5, 0.6) is 17.2 Å². The molecule has 0 aliphatic carbocycles. The summed E-state index contributed by atoms with van der Waals surface area (Å²) in [5.41, 5.74) is 4.04. The van der Waals surface area contributed by atoms with Crippen molar-refractivity contribution in [2.24, 2.45) is 0 Å². The predicted molar refractivity (Wildman–Crippen MR) is 146 cm³/mol. The molecule has 4 aromatic rings. The molecule has 0 saturated heterocycles. The molecule has 0 bridgehead atoms. The van der Waals surface area contributed by atoms with Crippen molar-refractivity contribution in [1.82, 2.24) is 10.3 Å². The third kappa shape index (κ3) is 5.44. The Labute approximate surface area is 221 Å². The van der Waals surface area contributed by atoms with E-state index < -0.39 is 12.1 Å². The van der Waals surface area contributed by atoms with Crippen molar-refractivity contribution >= 4 is 16.8 Å². The van der Waals surface area contributed by atoms with Crippen LogP contribution in [-0.4, -0.2) is 55.3 Å². The quantitative estimate of drug-likeness (QED) is 0.208. The second kappa shape index (κ2) is 11.7. The SMILES string of the molecule is COc1cc(-c2cc(C#CCO)cc(C(=O)N[C@H](O)C(C)c3c[nH]c4ccccc34)c2)cc(OC)c1OC. The number of aliphatic hydroxyl groups is 2. The number of para-hydroxylation sites is 1. The highest BCUT2D eigenvalue weighted by Crippen LogP contribution is 2.41. The van der Waals surface area contributed by atoms with Gasteiger partial charge in [0.1, 0.15) is 12.8 Å². The number of hydrogen-bond acceptors (Lipinski definition) is 6. The Hall–Kier alpha value is -4.45. The molecule has 2 atom stereocenters. The number of benzene rings is 3. The molecular formula is C30H30N2O6. The fourth-order valence-electron chi connectivity index (χ4n) is 4.37. The number of amides is 1. The Bertz CT molecular complexity index is 1490. The van der Waals surface area contributed by atoms with E-state index in [9.17, 15) is 15.0 Å². The summed E-state index contributed by atoms with van der Waals surface area (Å²) in [4.78, 5) is 16.5. The highest BCUT2D eigenvalue weighted by molar-refractivity contribution is 5.96. The molecule has 0 spiro atoms. The number of aliphatic hydroxyl groups excluding tert-OH is 2. The number of fused-ring (bicyclic) bond motifs is 1. The van der Waals surface area contributed by atoms with Crippen molar-refractivity contribution < 1.29 is 29.2 Å². The minimum absolute atomic E-state index is 0.295. The molecule has 1 aromatic heterocycles. The predicted octanol–water partition coefficient (Wildman–Crippen LogP) is 4.06. The Morgan fingerprint density at radius 1 is 1.00 bits per heavy atom. The summed E-state index contributed by atoms with van der Waals surface area (Å²) >= 11 is 0. The average molecular weight is 515 g/mol. The summed E-state index contributed by atoms with van der Waals surface area (Å²) < 4.78 is 16.4. The van der Waals surface area contributed by atoms with Crippen LogP contribution in [0.4, 0.5) is 0 Å². The summed E-state index contributed by atoms with van der Waals surface area (Å²) in [6.45, 7) is 1.53. The number of hydrogen-bond donors (Lipinski definition) is 4. The molecule has 0 aliphatic rings. The Kier molecular flexibility index (Phi) is 8.22. The van der Waals surface area contributed by atoms with Gasteiger partial charge >= 0.3 is 0 Å². The van der Waals surface area contributed by atoms with E-state index in [1.165, 1.54) is 21.3 Å². The lowest BCUT2D eigenvalue weighted by Gasteiger charge is -2.20. The lowest BCUT2D eigenvalue weighted by atomic mass is 9.97. The molecule has 0 fully saturated rings. The third-order valence-electron chi connectivity index (χ3n) is 6.37. The lowest BCUT2D eigenvalue weighted by molar-refractivity contribution is 0.0728. The molecule has 3 aromatic carbocycles. The number of ether oxygens (including phenoxy) is 3. The third-order valence-corrected chi connectivity index (χ3v) is 6.37. The highest BCUT2D eigenvalue weighted by Gasteiger charge is 2.23. The maximum absolute atomic E-state index is 13.3. The minimum atomic E-state index is -1.14. The molecule has 38 heavy (non-hydrogen) atoms. The van der Waals surface area contributed by atoms with Gasteiger partial charge in [-0.05, 0) is 53.1 Å². The van der Waals surface area contributed by atoms with E-state index in [0.29, 0.717) is 39.5 Å². The van der Waals surface area contributed by atoms with E-state index in [-0.39, 0.29) is 12.5 Å². The smallest absolute Gasteiger partial charge is 0.253 e. The molecule has 4 rings (SSSR count). The summed E-state index contributed by atoms with van der Waals surface area (Å²) in [5, 5.41) is 23.8. The second-order valence-electron chi connectivity index (χ2n) is 8.67. The molecule has 8 heteroatoms. The van der Waals surface area contributed by atoms with Gasteiger partial charge < -0.3 is 34.7 Å². The van der Waals surface area contributed by atoms with Crippen LogP contribution in [0.3, 0.4) is 0 Å². The van der Waals surface area contributed by atoms with Crippen LogP contribution in [-0.2, 0) is 0 Å². The molecule has 0 saturated carbocycles. The van der Waals surface area contributed by atoms with Gasteiger partial charge in [-0.2, -0.15) is 0 Å². The molecule has 1 unspecified atom stereocenters. The van der Waals surface area contributed by atoms with Gasteiger partial charge in [0.2, 0.25) is 5.75 Å². The zero-order chi connectivity index (χ0) is 27.2. The van der Waals surface area contributed by atoms with E-state index in [4.69, 9.17) is 14.2 Å². The van der Waals surface area contributed by atoms with Crippen molar-refractivity contribution in [3.8, 4) is 40.2 Å². The van der Waals surface area contributed by atoms with E-state index >= 15 is 0 Å². The number of carbonyl (C=O) groups is 1. The van der Waals surface area contributed by atoms with Crippen molar-refractivity contribution in [2.45, 2.75) is 19.1 Å². The van der Waals surface area contributed by atoms with Crippen LogP contribution >= 0.6 is 0 Å². The number of nitrogens with one attached hydrogen (secondary N) is 2. The van der Waals surface area contributed by atoms with Crippen LogP contribution in [0.15, 0.2) is 60.8 Å². The van der Waals surface area contributed by atoms with Gasteiger partial charge in [0.15, 0.2) is 11.5 Å². The van der Waals surface area contributed by atoms with Gasteiger partial charge in [-0.3, -0.25) is 4.79 Å². The van der Waals surface area contributed by atoms with E-state index in [1.54, 1.807) is 30.3 Å². The van der Waals surface area contributed by atoms with E-state index in [2.05, 4.69) is 22.1 Å². The number of aromatic nitrogens is 1. The topological polar surface area (TPSA) is 113 Å². The zero-order valence-electron chi connectivity index (χ0n) is 21.7. The Morgan fingerprint density at radius 3 is 2.34 bits per heavy atom. The first-order chi connectivity index (χ1) is 18.4. The van der Waals surface area contributed by atoms with Crippen LogP contribution in [0, 0.1) is 11.8 Å². The molecule has 0 aliphatic heterocycles. The van der Waals surface area contributed by atoms with Crippen molar-refractivity contribution in [2.75, 3.05) is 27.9 Å². The van der Waals surface area contributed by atoms with E-state index in [0.717, 1.165) is 16.5 Å². The molecule has 0 radical (unpaired) electrons. The fourth-order valence-corrected chi connectivity index (χ4v) is 4.37. The van der Waals surface area contributed by atoms with Crippen LogP contribution in [0.25, 0.3) is 22.0 Å². The first-order valence-electron chi connectivity index (χ1n) is 12.0. The first kappa shape index (κ1) is 26.6. The van der Waals surface area contributed by atoms with Crippen LogP contribution in [0.1, 0.15) is 34.3 Å². The van der Waals surface area contributed by atoms with Gasteiger partial charge in [-0.1, -0.05) is 37.0 Å². The minimum Gasteiger partial charge on any atom is -0.493 e. The monoisotopic (exact) mass is 514 g/mol. The molecule has 1 heterocycles. The van der Waals surface area contributed by atoms with Gasteiger partial charge in [0, 0.05) is 34.1 Å². The molecule has 196 valence electrons. The van der Waals surface area contributed by atoms with Gasteiger partial charge in [0.25, 0.3) is 5.91 Å². The fraction of sp³-hybridized carbons (Fsp3) is 0.233. The lowest BCUT2D eigenvalue weighted by Crippen LogP contribution is -2.38. The van der Waals surface area contributed by atoms with Gasteiger partial charge in [-0.25, -0.2) is 0 Å². The Morgan fingerprint density at radius 2 is 1.68 bits per heavy atom. The number of H-pyrrole nitrogens is 1. The second-order valence-corrected chi connectivity index (χ2v) is 8.67. The average Bonchev–Trinajstić information content (AvgIpc) is 3.38. The standard InChI is InChI=1S/C30H30N2O6/c1-18(24-17-31-25-10-6-5-9-23(24)25)29(34)32-30(35)22-13-19(8-7-11-33)12-20(14-22)21-15-26(36-2)28(38-4)27(16-21)37-3/h5-6,9-10,12-18,29,31,33-34H,11H2,1-4H3,(H,32,35)/t18?,29-/m1/s1. The zero-order valence-corrected chi connectivity index (χ0v) is 21.7. The number of carbonyl (C=O) groups excluding carboxylic acids is 1. The molecule has 1 amide bonds. The van der Waals surface area contributed by atoms with E-state index in [1.807, 2.05) is 37.4 Å². The van der Waals surface area contributed by atoms with Crippen LogP contribution < -0.4 is 19.5 Å². The summed E-state index contributed by atoms with van der Waals surface area (Å²) in [5.74, 6) is 6.01.